The lowest BCUT2D eigenvalue weighted by atomic mass is 10.1. The molecular formula is C22H24FN3O3S. The van der Waals surface area contributed by atoms with Gasteiger partial charge in [-0.2, -0.15) is 0 Å². The summed E-state index contributed by atoms with van der Waals surface area (Å²) in [6.45, 7) is 0.704. The summed E-state index contributed by atoms with van der Waals surface area (Å²) in [6.07, 6.45) is 0. The maximum atomic E-state index is 13.2. The summed E-state index contributed by atoms with van der Waals surface area (Å²) < 4.78 is 24.4. The number of carbonyl (C=O) groups is 1. The van der Waals surface area contributed by atoms with E-state index in [9.17, 15) is 9.18 Å². The maximum absolute atomic E-state index is 13.2. The van der Waals surface area contributed by atoms with Gasteiger partial charge in [0.15, 0.2) is 11.5 Å². The van der Waals surface area contributed by atoms with Crippen molar-refractivity contribution in [3.8, 4) is 11.5 Å². The van der Waals surface area contributed by atoms with E-state index in [2.05, 4.69) is 10.3 Å². The summed E-state index contributed by atoms with van der Waals surface area (Å²) in [7, 11) is 5.36. The maximum Gasteiger partial charge on any atom is 0.251 e. The number of methoxy groups -OCH3 is 1. The Morgan fingerprint density at radius 2 is 1.97 bits per heavy atom. The second-order valence-corrected chi connectivity index (χ2v) is 7.59. The number of carbonyl (C=O) groups excluding carboxylic acids is 1. The van der Waals surface area contributed by atoms with Gasteiger partial charge in [-0.05, 0) is 50.0 Å². The van der Waals surface area contributed by atoms with E-state index in [-0.39, 0.29) is 17.8 Å². The lowest BCUT2D eigenvalue weighted by Crippen LogP contribution is -2.34. The molecule has 1 atom stereocenters. The lowest BCUT2D eigenvalue weighted by Gasteiger charge is -2.25. The van der Waals surface area contributed by atoms with Gasteiger partial charge in [0.2, 0.25) is 0 Å². The molecule has 0 radical (unpaired) electrons. The van der Waals surface area contributed by atoms with Crippen LogP contribution >= 0.6 is 11.3 Å². The molecule has 1 amide bonds. The Bertz CT molecular complexity index is 962. The van der Waals surface area contributed by atoms with Crippen LogP contribution in [0.1, 0.15) is 27.7 Å². The van der Waals surface area contributed by atoms with Crippen molar-refractivity contribution < 1.29 is 18.7 Å². The molecule has 0 saturated heterocycles. The Morgan fingerprint density at radius 1 is 1.20 bits per heavy atom. The first kappa shape index (κ1) is 21.7. The molecule has 0 bridgehead atoms. The Kier molecular flexibility index (Phi) is 7.37. The summed E-state index contributed by atoms with van der Waals surface area (Å²) in [4.78, 5) is 18.8. The first-order valence-electron chi connectivity index (χ1n) is 9.36. The molecule has 0 aliphatic carbocycles. The molecule has 3 aromatic rings. The van der Waals surface area contributed by atoms with Gasteiger partial charge in [0, 0.05) is 17.5 Å². The minimum atomic E-state index is -0.288. The quantitative estimate of drug-likeness (QED) is 0.559. The highest BCUT2D eigenvalue weighted by atomic mass is 32.1. The number of nitrogens with zero attached hydrogens (tertiary/aromatic N) is 2. The van der Waals surface area contributed by atoms with E-state index in [0.717, 1.165) is 11.3 Å². The van der Waals surface area contributed by atoms with Crippen LogP contribution in [0.2, 0.25) is 0 Å². The predicted molar refractivity (Wildman–Crippen MR) is 115 cm³/mol. The van der Waals surface area contributed by atoms with Crippen LogP contribution in [0.5, 0.6) is 11.5 Å². The van der Waals surface area contributed by atoms with Crippen LogP contribution in [-0.4, -0.2) is 43.5 Å². The molecule has 158 valence electrons. The zero-order valence-electron chi connectivity index (χ0n) is 17.1. The van der Waals surface area contributed by atoms with Crippen molar-refractivity contribution in [3.05, 3.63) is 76.0 Å². The van der Waals surface area contributed by atoms with Gasteiger partial charge in [0.25, 0.3) is 5.91 Å². The van der Waals surface area contributed by atoms with Crippen LogP contribution < -0.4 is 14.8 Å². The molecular weight excluding hydrogens is 405 g/mol. The zero-order valence-corrected chi connectivity index (χ0v) is 17.9. The number of benzene rings is 2. The van der Waals surface area contributed by atoms with Gasteiger partial charge in [0.1, 0.15) is 12.4 Å². The molecule has 0 saturated carbocycles. The number of ether oxygens (including phenoxy) is 2. The Hall–Kier alpha value is -2.97. The van der Waals surface area contributed by atoms with Gasteiger partial charge < -0.3 is 19.7 Å². The van der Waals surface area contributed by atoms with Crippen molar-refractivity contribution >= 4 is 17.2 Å². The fraction of sp³-hybridized carbons (Fsp3) is 0.273. The third-order valence-electron chi connectivity index (χ3n) is 4.62. The molecule has 6 nitrogen and oxygen atoms in total. The first-order valence-corrected chi connectivity index (χ1v) is 10.3. The molecule has 2 aromatic carbocycles. The van der Waals surface area contributed by atoms with Crippen molar-refractivity contribution in [2.24, 2.45) is 0 Å². The number of hydrogen-bond donors (Lipinski definition) is 1. The fourth-order valence-corrected chi connectivity index (χ4v) is 3.51. The first-order chi connectivity index (χ1) is 14.5. The molecule has 30 heavy (non-hydrogen) atoms. The van der Waals surface area contributed by atoms with Crippen molar-refractivity contribution in [2.75, 3.05) is 27.7 Å². The Balaban J connectivity index is 1.65. The van der Waals surface area contributed by atoms with Gasteiger partial charge in [-0.15, -0.1) is 11.3 Å². The highest BCUT2D eigenvalue weighted by Gasteiger charge is 2.17. The molecule has 3 rings (SSSR count). The molecule has 0 fully saturated rings. The number of thiazole rings is 1. The van der Waals surface area contributed by atoms with E-state index in [1.165, 1.54) is 30.6 Å². The molecule has 0 aliphatic rings. The van der Waals surface area contributed by atoms with E-state index in [1.807, 2.05) is 24.4 Å². The average Bonchev–Trinajstić information content (AvgIpc) is 3.26. The van der Waals surface area contributed by atoms with Gasteiger partial charge in [-0.1, -0.05) is 12.1 Å². The van der Waals surface area contributed by atoms with E-state index >= 15 is 0 Å². The summed E-state index contributed by atoms with van der Waals surface area (Å²) in [5, 5.41) is 4.85. The second kappa shape index (κ2) is 10.2. The van der Waals surface area contributed by atoms with E-state index in [4.69, 9.17) is 9.47 Å². The number of hydrogen-bond acceptors (Lipinski definition) is 6. The molecule has 1 aromatic heterocycles. The number of halogens is 1. The average molecular weight is 430 g/mol. The van der Waals surface area contributed by atoms with E-state index < -0.39 is 0 Å². The summed E-state index contributed by atoms with van der Waals surface area (Å²) in [5.74, 6) is 0.498. The number of amides is 1. The van der Waals surface area contributed by atoms with Gasteiger partial charge in [-0.25, -0.2) is 9.37 Å². The van der Waals surface area contributed by atoms with Crippen LogP contribution in [-0.2, 0) is 6.61 Å². The fourth-order valence-electron chi connectivity index (χ4n) is 2.96. The molecule has 1 N–H and O–H groups in total. The van der Waals surface area contributed by atoms with Gasteiger partial charge in [-0.3, -0.25) is 4.79 Å². The van der Waals surface area contributed by atoms with Crippen molar-refractivity contribution in [1.82, 2.24) is 15.2 Å². The van der Waals surface area contributed by atoms with Crippen molar-refractivity contribution in [3.63, 3.8) is 0 Å². The molecule has 1 unspecified atom stereocenters. The number of aromatic nitrogens is 1. The highest BCUT2D eigenvalue weighted by molar-refractivity contribution is 7.07. The Labute approximate surface area is 179 Å². The number of nitrogens with one attached hydrogen (secondary N) is 1. The van der Waals surface area contributed by atoms with Crippen molar-refractivity contribution in [1.29, 1.82) is 0 Å². The third kappa shape index (κ3) is 5.55. The topological polar surface area (TPSA) is 63.7 Å². The minimum absolute atomic E-state index is 0.0860. The zero-order chi connectivity index (χ0) is 21.5. The molecule has 0 spiro atoms. The highest BCUT2D eigenvalue weighted by Crippen LogP contribution is 2.29. The Morgan fingerprint density at radius 3 is 2.60 bits per heavy atom. The van der Waals surface area contributed by atoms with E-state index in [0.29, 0.717) is 30.2 Å². The van der Waals surface area contributed by atoms with Crippen LogP contribution in [0.15, 0.2) is 53.4 Å². The SMILES string of the molecule is COc1cc(C(=O)NCC(c2ccc(F)cc2)N(C)C)ccc1OCc1cscn1. The predicted octanol–water partition coefficient (Wildman–Crippen LogP) is 3.90. The van der Waals surface area contributed by atoms with Gasteiger partial charge in [0.05, 0.1) is 24.4 Å². The molecule has 8 heteroatoms. The van der Waals surface area contributed by atoms with Crippen LogP contribution in [0.25, 0.3) is 0 Å². The smallest absolute Gasteiger partial charge is 0.251 e. The normalized spacial score (nSPS) is 11.9. The largest absolute Gasteiger partial charge is 0.493 e. The number of rotatable bonds is 9. The van der Waals surface area contributed by atoms with Crippen molar-refractivity contribution in [2.45, 2.75) is 12.6 Å². The third-order valence-corrected chi connectivity index (χ3v) is 5.25. The number of likely N-dealkylation sites (N-methyl/N-ethyl adjacent to an activating group) is 1. The van der Waals surface area contributed by atoms with E-state index in [1.54, 1.807) is 35.8 Å². The summed E-state index contributed by atoms with van der Waals surface area (Å²) >= 11 is 1.50. The van der Waals surface area contributed by atoms with Crippen LogP contribution in [0.3, 0.4) is 0 Å². The molecule has 1 heterocycles. The second-order valence-electron chi connectivity index (χ2n) is 6.88. The monoisotopic (exact) mass is 429 g/mol. The molecule has 0 aliphatic heterocycles. The van der Waals surface area contributed by atoms with Crippen LogP contribution in [0.4, 0.5) is 4.39 Å². The van der Waals surface area contributed by atoms with Gasteiger partial charge >= 0.3 is 0 Å². The van der Waals surface area contributed by atoms with Crippen LogP contribution in [0, 0.1) is 5.82 Å². The summed E-state index contributed by atoms with van der Waals surface area (Å²) in [5.41, 5.74) is 3.96. The lowest BCUT2D eigenvalue weighted by molar-refractivity contribution is 0.0941. The standard InChI is InChI=1S/C22H24FN3O3S/c1-26(2)19(15-4-7-17(23)8-5-15)11-24-22(27)16-6-9-20(21(10-16)28-3)29-12-18-13-30-14-25-18/h4-10,13-14,19H,11-12H2,1-3H3,(H,24,27). The summed E-state index contributed by atoms with van der Waals surface area (Å²) in [6, 6.07) is 11.3. The minimum Gasteiger partial charge on any atom is -0.493 e.